The molecule has 2 aromatic rings. The lowest BCUT2D eigenvalue weighted by Gasteiger charge is -1.99. The average Bonchev–Trinajstić information content (AvgIpc) is 2.72. The molecule has 0 aliphatic heterocycles. The molecular weight excluding hydrogens is 278 g/mol. The molecule has 2 rings (SSSR count). The largest absolute Gasteiger partial charge is 0.360 e. The van der Waals surface area contributed by atoms with E-state index in [-0.39, 0.29) is 5.78 Å². The van der Waals surface area contributed by atoms with Crippen LogP contribution in [0.4, 0.5) is 0 Å². The first kappa shape index (κ1) is 12.4. The number of halogens is 1. The van der Waals surface area contributed by atoms with Gasteiger partial charge in [-0.15, -0.1) is 0 Å². The normalized spacial score (nSPS) is 10.9. The van der Waals surface area contributed by atoms with Crippen LogP contribution in [0.3, 0.4) is 0 Å². The zero-order valence-corrected chi connectivity index (χ0v) is 11.5. The summed E-state index contributed by atoms with van der Waals surface area (Å²) < 4.78 is 1.02. The number of nitrogens with one attached hydrogen (secondary N) is 1. The lowest BCUT2D eigenvalue weighted by Crippen LogP contribution is -1.97. The Labute approximate surface area is 110 Å². The summed E-state index contributed by atoms with van der Waals surface area (Å²) in [7, 11) is 0. The summed E-state index contributed by atoms with van der Waals surface area (Å²) in [6.07, 6.45) is 5.73. The van der Waals surface area contributed by atoms with E-state index >= 15 is 0 Å². The molecule has 90 valence electrons. The van der Waals surface area contributed by atoms with Gasteiger partial charge < -0.3 is 4.98 Å². The third-order valence-electron chi connectivity index (χ3n) is 2.95. The van der Waals surface area contributed by atoms with Crippen LogP contribution in [0, 0.1) is 0 Å². The summed E-state index contributed by atoms with van der Waals surface area (Å²) in [6.45, 7) is 2.15. The van der Waals surface area contributed by atoms with E-state index in [1.54, 1.807) is 0 Å². The molecule has 0 atom stereocenters. The summed E-state index contributed by atoms with van der Waals surface area (Å²) in [4.78, 5) is 15.2. The first-order valence-corrected chi connectivity index (χ1v) is 6.81. The Kier molecular flexibility index (Phi) is 4.00. The van der Waals surface area contributed by atoms with Gasteiger partial charge in [0.2, 0.25) is 0 Å². The van der Waals surface area contributed by atoms with Crippen LogP contribution in [-0.4, -0.2) is 10.8 Å². The highest BCUT2D eigenvalue weighted by molar-refractivity contribution is 9.10. The van der Waals surface area contributed by atoms with Gasteiger partial charge in [-0.3, -0.25) is 4.79 Å². The molecule has 0 spiro atoms. The van der Waals surface area contributed by atoms with Crippen LogP contribution >= 0.6 is 15.9 Å². The summed E-state index contributed by atoms with van der Waals surface area (Å²) in [6, 6.07) is 5.96. The van der Waals surface area contributed by atoms with Gasteiger partial charge >= 0.3 is 0 Å². The molecule has 0 aliphatic carbocycles. The maximum absolute atomic E-state index is 12.0. The molecule has 3 heteroatoms. The summed E-state index contributed by atoms with van der Waals surface area (Å²) in [5, 5.41) is 1.02. The van der Waals surface area contributed by atoms with Crippen molar-refractivity contribution in [1.29, 1.82) is 0 Å². The minimum absolute atomic E-state index is 0.243. The Morgan fingerprint density at radius 3 is 2.94 bits per heavy atom. The van der Waals surface area contributed by atoms with E-state index in [1.807, 2.05) is 24.4 Å². The summed E-state index contributed by atoms with van der Waals surface area (Å²) >= 11 is 3.43. The molecule has 1 aromatic carbocycles. The van der Waals surface area contributed by atoms with Gasteiger partial charge in [-0.05, 0) is 18.6 Å². The van der Waals surface area contributed by atoms with Gasteiger partial charge in [0.25, 0.3) is 0 Å². The fraction of sp³-hybridized carbons (Fsp3) is 0.357. The number of hydrogen-bond donors (Lipinski definition) is 1. The molecule has 0 unspecified atom stereocenters. The van der Waals surface area contributed by atoms with Crippen molar-refractivity contribution in [3.05, 3.63) is 34.4 Å². The van der Waals surface area contributed by atoms with Crippen LogP contribution in [0.1, 0.15) is 43.0 Å². The fourth-order valence-electron chi connectivity index (χ4n) is 2.00. The van der Waals surface area contributed by atoms with Gasteiger partial charge in [-0.2, -0.15) is 0 Å². The Hall–Kier alpha value is -1.09. The number of fused-ring (bicyclic) bond motifs is 1. The van der Waals surface area contributed by atoms with Crippen molar-refractivity contribution in [3.63, 3.8) is 0 Å². The second kappa shape index (κ2) is 5.50. The van der Waals surface area contributed by atoms with Crippen molar-refractivity contribution >= 4 is 32.6 Å². The zero-order valence-electron chi connectivity index (χ0n) is 9.92. The smallest absolute Gasteiger partial charge is 0.165 e. The van der Waals surface area contributed by atoms with Crippen LogP contribution < -0.4 is 0 Å². The monoisotopic (exact) mass is 293 g/mol. The molecule has 1 heterocycles. The highest BCUT2D eigenvalue weighted by Gasteiger charge is 2.11. The second-order valence-corrected chi connectivity index (χ2v) is 5.19. The molecule has 0 bridgehead atoms. The molecule has 0 amide bonds. The average molecular weight is 294 g/mol. The zero-order chi connectivity index (χ0) is 12.3. The number of carbonyl (C=O) groups excluding carboxylic acids is 1. The van der Waals surface area contributed by atoms with E-state index in [1.165, 1.54) is 0 Å². The minimum atomic E-state index is 0.243. The van der Waals surface area contributed by atoms with Crippen molar-refractivity contribution in [2.75, 3.05) is 0 Å². The predicted octanol–water partition coefficient (Wildman–Crippen LogP) is 4.69. The highest BCUT2D eigenvalue weighted by atomic mass is 79.9. The van der Waals surface area contributed by atoms with E-state index in [9.17, 15) is 4.79 Å². The summed E-state index contributed by atoms with van der Waals surface area (Å²) in [5.74, 6) is 0.243. The Balaban J connectivity index is 2.21. The minimum Gasteiger partial charge on any atom is -0.360 e. The van der Waals surface area contributed by atoms with Gasteiger partial charge in [0, 0.05) is 33.6 Å². The van der Waals surface area contributed by atoms with Gasteiger partial charge in [-0.1, -0.05) is 41.8 Å². The SMILES string of the molecule is CCCCCC(=O)c1c[nH]c2cc(Br)ccc12. The van der Waals surface area contributed by atoms with Crippen LogP contribution in [0.15, 0.2) is 28.9 Å². The standard InChI is InChI=1S/C14H16BrNO/c1-2-3-4-5-14(17)12-9-16-13-8-10(15)6-7-11(12)13/h6-9,16H,2-5H2,1H3. The number of ketones is 1. The van der Waals surface area contributed by atoms with Gasteiger partial charge in [0.1, 0.15) is 0 Å². The molecule has 0 fully saturated rings. The van der Waals surface area contributed by atoms with Gasteiger partial charge in [-0.25, -0.2) is 0 Å². The maximum Gasteiger partial charge on any atom is 0.165 e. The third kappa shape index (κ3) is 2.78. The Bertz CT molecular complexity index is 530. The number of unbranched alkanes of at least 4 members (excludes halogenated alkanes) is 2. The number of benzene rings is 1. The van der Waals surface area contributed by atoms with Crippen LogP contribution in [-0.2, 0) is 0 Å². The van der Waals surface area contributed by atoms with Crippen LogP contribution in [0.25, 0.3) is 10.9 Å². The van der Waals surface area contributed by atoms with E-state index in [0.29, 0.717) is 6.42 Å². The molecular formula is C14H16BrNO. The first-order chi connectivity index (χ1) is 8.22. The molecule has 0 saturated heterocycles. The topological polar surface area (TPSA) is 32.9 Å². The van der Waals surface area contributed by atoms with Crippen molar-refractivity contribution in [3.8, 4) is 0 Å². The Morgan fingerprint density at radius 2 is 2.18 bits per heavy atom. The van der Waals surface area contributed by atoms with Crippen LogP contribution in [0.2, 0.25) is 0 Å². The number of aromatic amines is 1. The fourth-order valence-corrected chi connectivity index (χ4v) is 2.36. The maximum atomic E-state index is 12.0. The van der Waals surface area contributed by atoms with E-state index in [2.05, 4.69) is 27.8 Å². The van der Waals surface area contributed by atoms with Crippen molar-refractivity contribution in [2.45, 2.75) is 32.6 Å². The highest BCUT2D eigenvalue weighted by Crippen LogP contribution is 2.23. The third-order valence-corrected chi connectivity index (χ3v) is 3.44. The number of aromatic nitrogens is 1. The number of hydrogen-bond acceptors (Lipinski definition) is 1. The number of carbonyl (C=O) groups is 1. The van der Waals surface area contributed by atoms with Crippen molar-refractivity contribution in [2.24, 2.45) is 0 Å². The quantitative estimate of drug-likeness (QED) is 0.629. The van der Waals surface area contributed by atoms with E-state index in [4.69, 9.17) is 0 Å². The molecule has 2 nitrogen and oxygen atoms in total. The molecule has 0 saturated carbocycles. The molecule has 17 heavy (non-hydrogen) atoms. The predicted molar refractivity (Wildman–Crippen MR) is 74.5 cm³/mol. The lowest BCUT2D eigenvalue weighted by atomic mass is 10.0. The number of H-pyrrole nitrogens is 1. The molecule has 1 aromatic heterocycles. The Morgan fingerprint density at radius 1 is 1.35 bits per heavy atom. The van der Waals surface area contributed by atoms with Gasteiger partial charge in [0.05, 0.1) is 0 Å². The number of Topliss-reactive ketones (excluding diaryl/α,β-unsaturated/α-hetero) is 1. The molecule has 0 aliphatic rings. The first-order valence-electron chi connectivity index (χ1n) is 6.02. The van der Waals surface area contributed by atoms with E-state index in [0.717, 1.165) is 40.2 Å². The van der Waals surface area contributed by atoms with E-state index < -0.39 is 0 Å². The van der Waals surface area contributed by atoms with Gasteiger partial charge in [0.15, 0.2) is 5.78 Å². The van der Waals surface area contributed by atoms with Crippen molar-refractivity contribution < 1.29 is 4.79 Å². The second-order valence-electron chi connectivity index (χ2n) is 4.27. The summed E-state index contributed by atoms with van der Waals surface area (Å²) in [5.41, 5.74) is 1.84. The molecule has 1 N–H and O–H groups in total. The van der Waals surface area contributed by atoms with Crippen LogP contribution in [0.5, 0.6) is 0 Å². The van der Waals surface area contributed by atoms with Crippen molar-refractivity contribution in [1.82, 2.24) is 4.98 Å². The number of rotatable bonds is 5. The molecule has 0 radical (unpaired) electrons. The lowest BCUT2D eigenvalue weighted by molar-refractivity contribution is 0.0981.